The van der Waals surface area contributed by atoms with E-state index in [0.29, 0.717) is 6.61 Å². The molecule has 162 valence electrons. The van der Waals surface area contributed by atoms with Crippen molar-refractivity contribution in [1.29, 1.82) is 0 Å². The van der Waals surface area contributed by atoms with Crippen LogP contribution < -0.4 is 15.2 Å². The molecule has 3 aromatic carbocycles. The smallest absolute Gasteiger partial charge is 0.132 e. The molecule has 1 heterocycles. The van der Waals surface area contributed by atoms with E-state index < -0.39 is 5.60 Å². The first-order valence-corrected chi connectivity index (χ1v) is 10.6. The van der Waals surface area contributed by atoms with Gasteiger partial charge in [-0.1, -0.05) is 42.5 Å². The highest BCUT2D eigenvalue weighted by Gasteiger charge is 2.27. The summed E-state index contributed by atoms with van der Waals surface area (Å²) in [7, 11) is 1.50. The number of ether oxygens (including phenoxy) is 2. The molecule has 3 aromatic rings. The lowest BCUT2D eigenvalue weighted by atomic mass is 9.90. The van der Waals surface area contributed by atoms with Gasteiger partial charge in [0.2, 0.25) is 0 Å². The van der Waals surface area contributed by atoms with Crippen molar-refractivity contribution in [1.82, 2.24) is 0 Å². The molecule has 2 N–H and O–H groups in total. The van der Waals surface area contributed by atoms with E-state index in [2.05, 4.69) is 36.1 Å². The van der Waals surface area contributed by atoms with E-state index in [4.69, 9.17) is 9.47 Å². The van der Waals surface area contributed by atoms with Gasteiger partial charge in [-0.2, -0.15) is 0 Å². The van der Waals surface area contributed by atoms with Crippen LogP contribution in [0.25, 0.3) is 5.57 Å². The highest BCUT2D eigenvalue weighted by Crippen LogP contribution is 2.41. The second-order valence-corrected chi connectivity index (χ2v) is 7.87. The Morgan fingerprint density at radius 1 is 0.935 bits per heavy atom. The van der Waals surface area contributed by atoms with Gasteiger partial charge in [-0.25, -0.2) is 4.39 Å². The Bertz CT molecular complexity index is 1010. The van der Waals surface area contributed by atoms with E-state index in [1.165, 1.54) is 24.7 Å². The summed E-state index contributed by atoms with van der Waals surface area (Å²) in [4.78, 5) is 0. The fourth-order valence-electron chi connectivity index (χ4n) is 3.62. The van der Waals surface area contributed by atoms with Crippen molar-refractivity contribution < 1.29 is 13.9 Å². The van der Waals surface area contributed by atoms with Crippen LogP contribution in [-0.4, -0.2) is 19.3 Å². The summed E-state index contributed by atoms with van der Waals surface area (Å²) in [5.74, 6) is 1.35. The van der Waals surface area contributed by atoms with Crippen LogP contribution in [0.15, 0.2) is 78.9 Å². The molecule has 0 spiro atoms. The minimum atomic E-state index is -0.456. The molecular formula is C27H30FNO2. The highest BCUT2D eigenvalue weighted by atomic mass is 19.1. The normalized spacial score (nSPS) is 13.8. The van der Waals surface area contributed by atoms with Crippen molar-refractivity contribution in [2.24, 2.45) is 5.73 Å². The summed E-state index contributed by atoms with van der Waals surface area (Å²) in [5.41, 5.74) is 8.38. The number of nitrogens with two attached hydrogens (primary N) is 1. The number of benzene rings is 3. The number of aryl methyl sites for hydroxylation is 1. The van der Waals surface area contributed by atoms with Crippen LogP contribution in [-0.2, 0) is 6.42 Å². The number of rotatable bonds is 6. The Balaban J connectivity index is 0.00000132. The molecule has 0 amide bonds. The van der Waals surface area contributed by atoms with Crippen molar-refractivity contribution in [2.45, 2.75) is 32.3 Å². The molecule has 4 rings (SSSR count). The van der Waals surface area contributed by atoms with E-state index in [1.54, 1.807) is 12.1 Å². The lowest BCUT2D eigenvalue weighted by Gasteiger charge is -2.31. The Hall–Kier alpha value is -3.11. The van der Waals surface area contributed by atoms with Crippen LogP contribution in [0, 0.1) is 5.82 Å². The molecule has 0 saturated carbocycles. The fraction of sp³-hybridized carbons (Fsp3) is 0.259. The van der Waals surface area contributed by atoms with Crippen LogP contribution >= 0.6 is 0 Å². The van der Waals surface area contributed by atoms with Crippen LogP contribution in [0.1, 0.15) is 37.0 Å². The molecular weight excluding hydrogens is 389 g/mol. The zero-order valence-electron chi connectivity index (χ0n) is 18.4. The zero-order valence-corrected chi connectivity index (χ0v) is 18.4. The minimum absolute atomic E-state index is 0.236. The van der Waals surface area contributed by atoms with Gasteiger partial charge in [0.25, 0.3) is 0 Å². The standard InChI is InChI=1S/C26H25FO2.CH5N/c1-26(2)18-24(20-10-12-21(27)13-11-20)23-15-14-22(17-25(23)29-26)28-16-6-9-19-7-4-3-5-8-19;1-2/h3-5,7-8,10-15,17-18H,6,9,16H2,1-2H3;2H2,1H3. The molecule has 1 aliphatic rings. The number of halogens is 1. The van der Waals surface area contributed by atoms with Crippen LogP contribution in [0.4, 0.5) is 4.39 Å². The molecule has 0 saturated heterocycles. The molecule has 0 fully saturated rings. The molecule has 0 unspecified atom stereocenters. The van der Waals surface area contributed by atoms with E-state index in [0.717, 1.165) is 41.0 Å². The Labute approximate surface area is 184 Å². The predicted octanol–water partition coefficient (Wildman–Crippen LogP) is 6.01. The molecule has 3 nitrogen and oxygen atoms in total. The third kappa shape index (κ3) is 5.96. The lowest BCUT2D eigenvalue weighted by molar-refractivity contribution is 0.157. The molecule has 0 radical (unpaired) electrons. The summed E-state index contributed by atoms with van der Waals surface area (Å²) in [6.07, 6.45) is 4.03. The van der Waals surface area contributed by atoms with Gasteiger partial charge >= 0.3 is 0 Å². The van der Waals surface area contributed by atoms with Crippen molar-refractivity contribution in [2.75, 3.05) is 13.7 Å². The molecule has 0 aliphatic carbocycles. The maximum Gasteiger partial charge on any atom is 0.132 e. The summed E-state index contributed by atoms with van der Waals surface area (Å²) in [6.45, 7) is 4.69. The summed E-state index contributed by atoms with van der Waals surface area (Å²) in [6, 6.07) is 23.0. The van der Waals surface area contributed by atoms with Crippen LogP contribution in [0.2, 0.25) is 0 Å². The topological polar surface area (TPSA) is 44.5 Å². The molecule has 0 bridgehead atoms. The highest BCUT2D eigenvalue weighted by molar-refractivity contribution is 5.85. The SMILES string of the molecule is CC1(C)C=C(c2ccc(F)cc2)c2ccc(OCCCc3ccccc3)cc2O1.CN. The van der Waals surface area contributed by atoms with Crippen molar-refractivity contribution in [3.8, 4) is 11.5 Å². The average molecular weight is 420 g/mol. The average Bonchev–Trinajstić information content (AvgIpc) is 2.78. The van der Waals surface area contributed by atoms with Gasteiger partial charge in [0, 0.05) is 11.6 Å². The molecule has 0 aromatic heterocycles. The first-order valence-electron chi connectivity index (χ1n) is 10.6. The quantitative estimate of drug-likeness (QED) is 0.497. The third-order valence-electron chi connectivity index (χ3n) is 4.98. The zero-order chi connectivity index (χ0) is 22.3. The van der Waals surface area contributed by atoms with Crippen molar-refractivity contribution in [3.63, 3.8) is 0 Å². The Morgan fingerprint density at radius 3 is 2.35 bits per heavy atom. The number of hydrogen-bond donors (Lipinski definition) is 1. The second kappa shape index (κ2) is 10.3. The van der Waals surface area contributed by atoms with E-state index >= 15 is 0 Å². The van der Waals surface area contributed by atoms with E-state index in [-0.39, 0.29) is 5.82 Å². The first kappa shape index (κ1) is 22.6. The molecule has 4 heteroatoms. The van der Waals surface area contributed by atoms with E-state index in [9.17, 15) is 4.39 Å². The molecule has 1 aliphatic heterocycles. The maximum absolute atomic E-state index is 13.4. The fourth-order valence-corrected chi connectivity index (χ4v) is 3.62. The van der Waals surface area contributed by atoms with Gasteiger partial charge in [-0.3, -0.25) is 0 Å². The third-order valence-corrected chi connectivity index (χ3v) is 4.98. The first-order chi connectivity index (χ1) is 15.0. The van der Waals surface area contributed by atoms with Gasteiger partial charge in [-0.05, 0) is 80.8 Å². The van der Waals surface area contributed by atoms with Crippen LogP contribution in [0.3, 0.4) is 0 Å². The molecule has 0 atom stereocenters. The largest absolute Gasteiger partial charge is 0.493 e. The van der Waals surface area contributed by atoms with Gasteiger partial charge in [0.15, 0.2) is 0 Å². The van der Waals surface area contributed by atoms with Crippen molar-refractivity contribution >= 4 is 5.57 Å². The predicted molar refractivity (Wildman–Crippen MR) is 125 cm³/mol. The monoisotopic (exact) mass is 419 g/mol. The lowest BCUT2D eigenvalue weighted by Crippen LogP contribution is -2.29. The maximum atomic E-state index is 13.4. The molecule has 31 heavy (non-hydrogen) atoms. The van der Waals surface area contributed by atoms with Crippen molar-refractivity contribution in [3.05, 3.63) is 101 Å². The number of hydrogen-bond acceptors (Lipinski definition) is 3. The minimum Gasteiger partial charge on any atom is -0.493 e. The Morgan fingerprint density at radius 2 is 1.65 bits per heavy atom. The summed E-state index contributed by atoms with van der Waals surface area (Å²) < 4.78 is 25.5. The van der Waals surface area contributed by atoms with Crippen LogP contribution in [0.5, 0.6) is 11.5 Å². The number of fused-ring (bicyclic) bond motifs is 1. The van der Waals surface area contributed by atoms with Gasteiger partial charge in [0.1, 0.15) is 22.9 Å². The van der Waals surface area contributed by atoms with Gasteiger partial charge < -0.3 is 15.2 Å². The van der Waals surface area contributed by atoms with E-state index in [1.807, 2.05) is 38.1 Å². The Kier molecular flexibility index (Phi) is 7.48. The van der Waals surface area contributed by atoms with Gasteiger partial charge in [0.05, 0.1) is 6.61 Å². The summed E-state index contributed by atoms with van der Waals surface area (Å²) >= 11 is 0. The second-order valence-electron chi connectivity index (χ2n) is 7.87. The van der Waals surface area contributed by atoms with Gasteiger partial charge in [-0.15, -0.1) is 0 Å². The summed E-state index contributed by atoms with van der Waals surface area (Å²) in [5, 5.41) is 0.